The number of nitrogens with one attached hydrogen (secondary N) is 1. The van der Waals surface area contributed by atoms with Crippen LogP contribution in [0.2, 0.25) is 0 Å². The van der Waals surface area contributed by atoms with Crippen LogP contribution < -0.4 is 5.32 Å². The molecule has 0 radical (unpaired) electrons. The molecular weight excluding hydrogens is 218 g/mol. The summed E-state index contributed by atoms with van der Waals surface area (Å²) in [7, 11) is 0. The van der Waals surface area contributed by atoms with Crippen LogP contribution in [-0.4, -0.2) is 22.2 Å². The number of carbonyl (C=O) groups excluding carboxylic acids is 1. The van der Waals surface area contributed by atoms with Gasteiger partial charge in [-0.3, -0.25) is 4.79 Å². The van der Waals surface area contributed by atoms with Crippen molar-refractivity contribution in [1.29, 1.82) is 0 Å². The summed E-state index contributed by atoms with van der Waals surface area (Å²) < 4.78 is 0. The number of amides is 1. The predicted molar refractivity (Wildman–Crippen MR) is 66.2 cm³/mol. The van der Waals surface area contributed by atoms with Crippen LogP contribution >= 0.6 is 0 Å². The molecule has 0 heterocycles. The van der Waals surface area contributed by atoms with Gasteiger partial charge in [-0.05, 0) is 24.5 Å². The number of hydrogen-bond donors (Lipinski definition) is 3. The molecule has 1 aromatic rings. The second-order valence-corrected chi connectivity index (χ2v) is 4.41. The third-order valence-corrected chi connectivity index (χ3v) is 2.82. The minimum Gasteiger partial charge on any atom is -0.504 e. The molecule has 94 valence electrons. The fourth-order valence-electron chi connectivity index (χ4n) is 1.70. The molecule has 1 unspecified atom stereocenters. The molecule has 1 aromatic carbocycles. The minimum absolute atomic E-state index is 0.0595. The third kappa shape index (κ3) is 3.12. The number of phenolic OH excluding ortho intramolecular Hbond substituents is 2. The minimum atomic E-state index is -0.372. The Balaban J connectivity index is 2.86. The molecular formula is C13H19NO3. The third-order valence-electron chi connectivity index (χ3n) is 2.82. The van der Waals surface area contributed by atoms with Gasteiger partial charge in [0.2, 0.25) is 0 Å². The van der Waals surface area contributed by atoms with Gasteiger partial charge >= 0.3 is 0 Å². The van der Waals surface area contributed by atoms with E-state index in [1.807, 2.05) is 20.8 Å². The summed E-state index contributed by atoms with van der Waals surface area (Å²) in [5.41, 5.74) is 0.101. The fourth-order valence-corrected chi connectivity index (χ4v) is 1.70. The molecule has 1 rings (SSSR count). The summed E-state index contributed by atoms with van der Waals surface area (Å²) in [4.78, 5) is 11.9. The molecule has 0 saturated heterocycles. The second kappa shape index (κ2) is 5.57. The lowest BCUT2D eigenvalue weighted by Crippen LogP contribution is -2.38. The lowest BCUT2D eigenvalue weighted by Gasteiger charge is -2.21. The van der Waals surface area contributed by atoms with E-state index in [4.69, 9.17) is 0 Å². The summed E-state index contributed by atoms with van der Waals surface area (Å²) in [6.07, 6.45) is 0.822. The maximum Gasteiger partial charge on any atom is 0.255 e. The standard InChI is InChI=1S/C13H19NO3/c1-4-10(8(2)3)14-13(17)9-6-5-7-11(15)12(9)16/h5-8,10,15-16H,4H2,1-3H3,(H,14,17). The van der Waals surface area contributed by atoms with E-state index in [2.05, 4.69) is 5.32 Å². The van der Waals surface area contributed by atoms with Crippen molar-refractivity contribution in [3.05, 3.63) is 23.8 Å². The summed E-state index contributed by atoms with van der Waals surface area (Å²) in [6, 6.07) is 4.41. The van der Waals surface area contributed by atoms with Crippen molar-refractivity contribution in [2.75, 3.05) is 0 Å². The maximum atomic E-state index is 11.9. The van der Waals surface area contributed by atoms with Crippen molar-refractivity contribution in [2.24, 2.45) is 5.92 Å². The number of phenols is 2. The van der Waals surface area contributed by atoms with Crippen molar-refractivity contribution in [2.45, 2.75) is 33.2 Å². The highest BCUT2D eigenvalue weighted by Gasteiger charge is 2.18. The van der Waals surface area contributed by atoms with Crippen LogP contribution in [0.15, 0.2) is 18.2 Å². The Morgan fingerprint density at radius 2 is 2.00 bits per heavy atom. The number of rotatable bonds is 4. The smallest absolute Gasteiger partial charge is 0.255 e. The first-order valence-electron chi connectivity index (χ1n) is 5.79. The number of hydrogen-bond acceptors (Lipinski definition) is 3. The average molecular weight is 237 g/mol. The Hall–Kier alpha value is -1.71. The van der Waals surface area contributed by atoms with Crippen molar-refractivity contribution in [1.82, 2.24) is 5.32 Å². The Bertz CT molecular complexity index is 402. The Labute approximate surface area is 101 Å². The molecule has 4 nitrogen and oxygen atoms in total. The van der Waals surface area contributed by atoms with Crippen molar-refractivity contribution < 1.29 is 15.0 Å². The molecule has 0 fully saturated rings. The van der Waals surface area contributed by atoms with Gasteiger partial charge in [-0.15, -0.1) is 0 Å². The van der Waals surface area contributed by atoms with Gasteiger partial charge in [0, 0.05) is 6.04 Å². The number of benzene rings is 1. The van der Waals surface area contributed by atoms with Gasteiger partial charge in [-0.2, -0.15) is 0 Å². The monoisotopic (exact) mass is 237 g/mol. The largest absolute Gasteiger partial charge is 0.504 e. The maximum absolute atomic E-state index is 11.9. The van der Waals surface area contributed by atoms with Crippen molar-refractivity contribution in [3.63, 3.8) is 0 Å². The van der Waals surface area contributed by atoms with E-state index in [1.165, 1.54) is 18.2 Å². The first-order chi connectivity index (χ1) is 7.97. The molecule has 0 aromatic heterocycles. The summed E-state index contributed by atoms with van der Waals surface area (Å²) >= 11 is 0. The topological polar surface area (TPSA) is 69.6 Å². The van der Waals surface area contributed by atoms with Crippen LogP contribution in [0.5, 0.6) is 11.5 Å². The van der Waals surface area contributed by atoms with Crippen LogP contribution in [0.25, 0.3) is 0 Å². The molecule has 1 amide bonds. The van der Waals surface area contributed by atoms with Gasteiger partial charge in [0.1, 0.15) is 0 Å². The zero-order valence-corrected chi connectivity index (χ0v) is 10.4. The van der Waals surface area contributed by atoms with E-state index in [0.717, 1.165) is 6.42 Å². The molecule has 0 spiro atoms. The van der Waals surface area contributed by atoms with Crippen LogP contribution in [0.3, 0.4) is 0 Å². The molecule has 0 aliphatic heterocycles. The van der Waals surface area contributed by atoms with E-state index in [9.17, 15) is 15.0 Å². The van der Waals surface area contributed by atoms with Crippen LogP contribution in [0.1, 0.15) is 37.6 Å². The highest BCUT2D eigenvalue weighted by atomic mass is 16.3. The summed E-state index contributed by atoms with van der Waals surface area (Å²) in [5.74, 6) is -0.693. The average Bonchev–Trinajstić information content (AvgIpc) is 2.28. The molecule has 4 heteroatoms. The predicted octanol–water partition coefficient (Wildman–Crippen LogP) is 2.26. The normalized spacial score (nSPS) is 12.5. The second-order valence-electron chi connectivity index (χ2n) is 4.41. The highest BCUT2D eigenvalue weighted by Crippen LogP contribution is 2.28. The van der Waals surface area contributed by atoms with Crippen molar-refractivity contribution in [3.8, 4) is 11.5 Å². The first kappa shape index (κ1) is 13.4. The Morgan fingerprint density at radius 1 is 1.35 bits per heavy atom. The van der Waals surface area contributed by atoms with Crippen LogP contribution in [0, 0.1) is 5.92 Å². The quantitative estimate of drug-likeness (QED) is 0.703. The molecule has 1 atom stereocenters. The van der Waals surface area contributed by atoms with E-state index >= 15 is 0 Å². The van der Waals surface area contributed by atoms with Crippen LogP contribution in [0.4, 0.5) is 0 Å². The fraction of sp³-hybridized carbons (Fsp3) is 0.462. The number of aromatic hydroxyl groups is 2. The molecule has 0 aliphatic carbocycles. The molecule has 0 bridgehead atoms. The van der Waals surface area contributed by atoms with E-state index < -0.39 is 0 Å². The van der Waals surface area contributed by atoms with E-state index in [1.54, 1.807) is 0 Å². The Kier molecular flexibility index (Phi) is 4.37. The first-order valence-corrected chi connectivity index (χ1v) is 5.79. The van der Waals surface area contributed by atoms with Gasteiger partial charge in [-0.25, -0.2) is 0 Å². The summed E-state index contributed by atoms with van der Waals surface area (Å²) in [6.45, 7) is 6.04. The van der Waals surface area contributed by atoms with Gasteiger partial charge in [0.15, 0.2) is 11.5 Å². The van der Waals surface area contributed by atoms with Crippen molar-refractivity contribution >= 4 is 5.91 Å². The van der Waals surface area contributed by atoms with Gasteiger partial charge in [0.05, 0.1) is 5.56 Å². The SMILES string of the molecule is CCC(NC(=O)c1cccc(O)c1O)C(C)C. The van der Waals surface area contributed by atoms with E-state index in [0.29, 0.717) is 5.92 Å². The van der Waals surface area contributed by atoms with Gasteiger partial charge in [0.25, 0.3) is 5.91 Å². The number of carbonyl (C=O) groups is 1. The number of para-hydroxylation sites is 1. The lowest BCUT2D eigenvalue weighted by molar-refractivity contribution is 0.0921. The van der Waals surface area contributed by atoms with Crippen LogP contribution in [-0.2, 0) is 0 Å². The molecule has 3 N–H and O–H groups in total. The lowest BCUT2D eigenvalue weighted by atomic mass is 10.0. The molecule has 0 saturated carbocycles. The molecule has 0 aliphatic rings. The zero-order chi connectivity index (χ0) is 13.0. The zero-order valence-electron chi connectivity index (χ0n) is 10.4. The van der Waals surface area contributed by atoms with E-state index in [-0.39, 0.29) is 29.0 Å². The highest BCUT2D eigenvalue weighted by molar-refractivity contribution is 5.97. The Morgan fingerprint density at radius 3 is 2.53 bits per heavy atom. The summed E-state index contributed by atoms with van der Waals surface area (Å²) in [5, 5.41) is 21.7. The van der Waals surface area contributed by atoms with Gasteiger partial charge in [-0.1, -0.05) is 26.8 Å². The molecule has 17 heavy (non-hydrogen) atoms. The van der Waals surface area contributed by atoms with Gasteiger partial charge < -0.3 is 15.5 Å².